The number of aromatic amines is 1. The number of hydrogen-bond acceptors (Lipinski definition) is 2. The minimum atomic E-state index is 0.822. The smallest absolute Gasteiger partial charge is 0.178 e. The third-order valence-electron chi connectivity index (χ3n) is 2.72. The largest absolute Gasteiger partial charge is 0.331 e. The molecule has 0 unspecified atom stereocenters. The summed E-state index contributed by atoms with van der Waals surface area (Å²) in [5.74, 6) is 1.22. The van der Waals surface area contributed by atoms with E-state index in [4.69, 9.17) is 12.2 Å². The second-order valence-corrected chi connectivity index (χ2v) is 6.23. The number of nitrogens with one attached hydrogen (secondary N) is 1. The molecule has 2 nitrogen and oxygen atoms in total. The monoisotopic (exact) mass is 330 g/mol. The summed E-state index contributed by atoms with van der Waals surface area (Å²) < 4.78 is 4.11. The highest BCUT2D eigenvalue weighted by molar-refractivity contribution is 9.10. The third kappa shape index (κ3) is 3.14. The van der Waals surface area contributed by atoms with Crippen LogP contribution in [0.5, 0.6) is 0 Å². The molecular weight excluding hydrogens is 316 g/mol. The summed E-state index contributed by atoms with van der Waals surface area (Å²) in [5, 5.41) is 0. The predicted octanol–water partition coefficient (Wildman–Crippen LogP) is 4.60. The van der Waals surface area contributed by atoms with E-state index in [1.54, 1.807) is 0 Å². The molecule has 0 aliphatic rings. The minimum absolute atomic E-state index is 0.822. The van der Waals surface area contributed by atoms with Crippen LogP contribution in [0.15, 0.2) is 22.7 Å². The summed E-state index contributed by atoms with van der Waals surface area (Å²) in [4.78, 5) is 3.25. The summed E-state index contributed by atoms with van der Waals surface area (Å²) in [6.45, 7) is 0.996. The maximum absolute atomic E-state index is 5.36. The van der Waals surface area contributed by atoms with Crippen LogP contribution in [-0.4, -0.2) is 21.6 Å². The van der Waals surface area contributed by atoms with Crippen molar-refractivity contribution < 1.29 is 0 Å². The van der Waals surface area contributed by atoms with Crippen LogP contribution in [0.1, 0.15) is 12.8 Å². The maximum Gasteiger partial charge on any atom is 0.178 e. The summed E-state index contributed by atoms with van der Waals surface area (Å²) >= 11 is 10.8. The number of H-pyrrole nitrogens is 1. The van der Waals surface area contributed by atoms with Gasteiger partial charge in [0.05, 0.1) is 11.0 Å². The van der Waals surface area contributed by atoms with Gasteiger partial charge in [-0.1, -0.05) is 15.9 Å². The molecular formula is C12H15BrN2S2. The highest BCUT2D eigenvalue weighted by Crippen LogP contribution is 2.20. The van der Waals surface area contributed by atoms with Gasteiger partial charge < -0.3 is 9.55 Å². The molecule has 17 heavy (non-hydrogen) atoms. The maximum atomic E-state index is 5.36. The molecule has 1 N–H and O–H groups in total. The first-order valence-electron chi connectivity index (χ1n) is 5.59. The van der Waals surface area contributed by atoms with E-state index in [1.165, 1.54) is 24.1 Å². The van der Waals surface area contributed by atoms with Crippen LogP contribution in [0.4, 0.5) is 0 Å². The molecule has 0 aliphatic heterocycles. The topological polar surface area (TPSA) is 20.7 Å². The Morgan fingerprint density at radius 1 is 1.41 bits per heavy atom. The van der Waals surface area contributed by atoms with Crippen LogP contribution in [-0.2, 0) is 6.54 Å². The van der Waals surface area contributed by atoms with Crippen LogP contribution < -0.4 is 0 Å². The number of rotatable bonds is 5. The van der Waals surface area contributed by atoms with E-state index < -0.39 is 0 Å². The lowest BCUT2D eigenvalue weighted by atomic mass is 10.3. The molecule has 0 saturated heterocycles. The Morgan fingerprint density at radius 2 is 2.24 bits per heavy atom. The highest BCUT2D eigenvalue weighted by atomic mass is 79.9. The lowest BCUT2D eigenvalue weighted by molar-refractivity contribution is 0.643. The van der Waals surface area contributed by atoms with Gasteiger partial charge in [0.25, 0.3) is 0 Å². The van der Waals surface area contributed by atoms with E-state index in [0.29, 0.717) is 0 Å². The van der Waals surface area contributed by atoms with Crippen molar-refractivity contribution in [3.63, 3.8) is 0 Å². The first kappa shape index (κ1) is 13.2. The van der Waals surface area contributed by atoms with Crippen molar-refractivity contribution in [2.75, 3.05) is 12.0 Å². The number of halogens is 1. The Labute approximate surface area is 119 Å². The Morgan fingerprint density at radius 3 is 3.00 bits per heavy atom. The number of benzene rings is 1. The standard InChI is InChI=1S/C12H15BrN2S2/c1-17-7-3-2-6-15-11-8-9(13)4-5-10(11)14-12(15)16/h4-5,8H,2-3,6-7H2,1H3,(H,14,16). The summed E-state index contributed by atoms with van der Waals surface area (Å²) in [7, 11) is 0. The lowest BCUT2D eigenvalue weighted by Gasteiger charge is -2.04. The Balaban J connectivity index is 2.23. The highest BCUT2D eigenvalue weighted by Gasteiger charge is 2.04. The van der Waals surface area contributed by atoms with Gasteiger partial charge in [-0.2, -0.15) is 11.8 Å². The van der Waals surface area contributed by atoms with Crippen molar-refractivity contribution in [1.29, 1.82) is 0 Å². The molecule has 1 heterocycles. The second-order valence-electron chi connectivity index (χ2n) is 3.94. The molecule has 0 amide bonds. The van der Waals surface area contributed by atoms with Crippen molar-refractivity contribution in [1.82, 2.24) is 9.55 Å². The second kappa shape index (κ2) is 6.07. The van der Waals surface area contributed by atoms with Crippen LogP contribution in [0.2, 0.25) is 0 Å². The van der Waals surface area contributed by atoms with Crippen molar-refractivity contribution in [3.05, 3.63) is 27.4 Å². The van der Waals surface area contributed by atoms with Crippen LogP contribution in [0, 0.1) is 4.77 Å². The van der Waals surface area contributed by atoms with E-state index in [9.17, 15) is 0 Å². The molecule has 0 spiro atoms. The average Bonchev–Trinajstić information content (AvgIpc) is 2.61. The fourth-order valence-corrected chi connectivity index (χ4v) is 3.01. The zero-order valence-corrected chi connectivity index (χ0v) is 12.9. The molecule has 0 bridgehead atoms. The van der Waals surface area contributed by atoms with Gasteiger partial charge in [0, 0.05) is 11.0 Å². The number of aromatic nitrogens is 2. The molecule has 1 aromatic heterocycles. The van der Waals surface area contributed by atoms with Gasteiger partial charge in [-0.25, -0.2) is 0 Å². The molecule has 5 heteroatoms. The van der Waals surface area contributed by atoms with Gasteiger partial charge in [0.1, 0.15) is 0 Å². The molecule has 92 valence electrons. The number of imidazole rings is 1. The quantitative estimate of drug-likeness (QED) is 0.638. The van der Waals surface area contributed by atoms with Gasteiger partial charge in [-0.15, -0.1) is 0 Å². The first-order chi connectivity index (χ1) is 8.22. The Kier molecular flexibility index (Phi) is 4.70. The number of fused-ring (bicyclic) bond motifs is 1. The number of hydrogen-bond donors (Lipinski definition) is 1. The van der Waals surface area contributed by atoms with Crippen molar-refractivity contribution >= 4 is 50.9 Å². The zero-order chi connectivity index (χ0) is 12.3. The number of thioether (sulfide) groups is 1. The van der Waals surface area contributed by atoms with Crippen molar-refractivity contribution in [3.8, 4) is 0 Å². The van der Waals surface area contributed by atoms with E-state index in [1.807, 2.05) is 17.8 Å². The zero-order valence-electron chi connectivity index (χ0n) is 9.70. The van der Waals surface area contributed by atoms with Gasteiger partial charge in [0.15, 0.2) is 4.77 Å². The fraction of sp³-hybridized carbons (Fsp3) is 0.417. The lowest BCUT2D eigenvalue weighted by Crippen LogP contribution is -1.98. The van der Waals surface area contributed by atoms with Gasteiger partial charge in [-0.3, -0.25) is 0 Å². The Hall–Kier alpha value is -0.260. The molecule has 0 atom stereocenters. The summed E-state index contributed by atoms with van der Waals surface area (Å²) in [6.07, 6.45) is 4.56. The average molecular weight is 331 g/mol. The SMILES string of the molecule is CSCCCCn1c(=S)[nH]c2ccc(Br)cc21. The molecule has 2 rings (SSSR count). The van der Waals surface area contributed by atoms with E-state index in [-0.39, 0.29) is 0 Å². The molecule has 0 fully saturated rings. The predicted molar refractivity (Wildman–Crippen MR) is 82.4 cm³/mol. The van der Waals surface area contributed by atoms with Crippen LogP contribution >= 0.6 is 39.9 Å². The molecule has 2 aromatic rings. The van der Waals surface area contributed by atoms with E-state index in [0.717, 1.165) is 21.3 Å². The third-order valence-corrected chi connectivity index (χ3v) is 4.23. The van der Waals surface area contributed by atoms with E-state index >= 15 is 0 Å². The van der Waals surface area contributed by atoms with Crippen LogP contribution in [0.25, 0.3) is 11.0 Å². The minimum Gasteiger partial charge on any atom is -0.331 e. The van der Waals surface area contributed by atoms with Gasteiger partial charge >= 0.3 is 0 Å². The van der Waals surface area contributed by atoms with Gasteiger partial charge in [-0.05, 0) is 55.3 Å². The summed E-state index contributed by atoms with van der Waals surface area (Å²) in [5.41, 5.74) is 2.30. The number of nitrogens with zero attached hydrogens (tertiary/aromatic N) is 1. The van der Waals surface area contributed by atoms with Crippen molar-refractivity contribution in [2.45, 2.75) is 19.4 Å². The molecule has 1 aromatic carbocycles. The molecule has 0 radical (unpaired) electrons. The van der Waals surface area contributed by atoms with Crippen LogP contribution in [0.3, 0.4) is 0 Å². The Bertz CT molecular complexity index is 559. The molecule has 0 saturated carbocycles. The summed E-state index contributed by atoms with van der Waals surface area (Å²) in [6, 6.07) is 6.22. The first-order valence-corrected chi connectivity index (χ1v) is 8.19. The fourth-order valence-electron chi connectivity index (χ4n) is 1.86. The number of unbranched alkanes of at least 4 members (excludes halogenated alkanes) is 1. The van der Waals surface area contributed by atoms with Gasteiger partial charge in [0.2, 0.25) is 0 Å². The van der Waals surface area contributed by atoms with Crippen molar-refractivity contribution in [2.24, 2.45) is 0 Å². The number of aryl methyl sites for hydroxylation is 1. The normalized spacial score (nSPS) is 11.2. The van der Waals surface area contributed by atoms with E-state index in [2.05, 4.69) is 43.9 Å². The molecule has 0 aliphatic carbocycles.